The van der Waals surface area contributed by atoms with Crippen LogP contribution in [0.5, 0.6) is 11.5 Å². The SMILES string of the molecule is COc1ccc(CN[N+]23C=CN=CC2=C(C2CCC(CO)N(C(=O)[O-])C2)N=C3c2ccc(C(=O)Nc3cc(C(F)(F)F)ccn3)cc2)c(OC)c1. The number of nitrogens with one attached hydrogen (secondary N) is 2. The maximum Gasteiger partial charge on any atom is 0.416 e. The second-order valence-corrected chi connectivity index (χ2v) is 12.0. The van der Waals surface area contributed by atoms with Crippen LogP contribution in [-0.2, 0) is 12.7 Å². The van der Waals surface area contributed by atoms with E-state index in [4.69, 9.17) is 14.5 Å². The van der Waals surface area contributed by atoms with E-state index in [2.05, 4.69) is 20.7 Å². The zero-order chi connectivity index (χ0) is 36.3. The molecule has 16 heteroatoms. The number of ether oxygens (including phenoxy) is 2. The molecule has 13 nitrogen and oxygen atoms in total. The maximum atomic E-state index is 13.2. The van der Waals surface area contributed by atoms with Gasteiger partial charge in [-0.25, -0.2) is 4.98 Å². The van der Waals surface area contributed by atoms with Crippen LogP contribution in [-0.4, -0.2) is 77.0 Å². The lowest BCUT2D eigenvalue weighted by molar-refractivity contribution is -0.791. The van der Waals surface area contributed by atoms with Crippen LogP contribution in [0.2, 0.25) is 0 Å². The molecule has 51 heavy (non-hydrogen) atoms. The maximum absolute atomic E-state index is 13.2. The van der Waals surface area contributed by atoms with E-state index in [0.29, 0.717) is 47.1 Å². The number of aromatic nitrogens is 1. The van der Waals surface area contributed by atoms with Gasteiger partial charge in [-0.05, 0) is 55.3 Å². The predicted octanol–water partition coefficient (Wildman–Crippen LogP) is 3.84. The summed E-state index contributed by atoms with van der Waals surface area (Å²) in [5, 5.41) is 24.3. The number of amidine groups is 1. The standard InChI is InChI=1S/C35H34F3N7O6/c1-50-27-10-8-23(29(16-27)51-2)17-41-45-14-13-39-18-28(45)31(24-7-9-26(20-46)44(19-24)34(48)49)43-32(45)21-3-5-22(6-4-21)33(47)42-30-15-25(11-12-40-30)35(36,37)38/h3-6,8,10-16,18,24,26,41,46H,7,9,17,19-20H2,1-2H3,(H-,40,42,47,48,49). The van der Waals surface area contributed by atoms with Gasteiger partial charge in [-0.2, -0.15) is 18.2 Å². The number of aliphatic imine (C=N–C) groups is 2. The monoisotopic (exact) mass is 705 g/mol. The number of aliphatic hydroxyl groups excluding tert-OH is 1. The quantitative estimate of drug-likeness (QED) is 0.269. The van der Waals surface area contributed by atoms with Gasteiger partial charge in [0.05, 0.1) is 57.0 Å². The van der Waals surface area contributed by atoms with Crippen LogP contribution < -0.4 is 25.3 Å². The Hall–Kier alpha value is -5.58. The van der Waals surface area contributed by atoms with Crippen molar-refractivity contribution in [3.63, 3.8) is 0 Å². The first-order valence-corrected chi connectivity index (χ1v) is 15.9. The lowest BCUT2D eigenvalue weighted by Crippen LogP contribution is -2.56. The van der Waals surface area contributed by atoms with Crippen LogP contribution >= 0.6 is 0 Å². The number of aliphatic hydroxyl groups is 1. The Balaban J connectivity index is 1.35. The third-order valence-corrected chi connectivity index (χ3v) is 9.06. The third kappa shape index (κ3) is 7.06. The van der Waals surface area contributed by atoms with Gasteiger partial charge in [0, 0.05) is 35.9 Å². The zero-order valence-electron chi connectivity index (χ0n) is 27.6. The lowest BCUT2D eigenvalue weighted by Gasteiger charge is -2.40. The van der Waals surface area contributed by atoms with Gasteiger partial charge in [-0.1, -0.05) is 6.07 Å². The van der Waals surface area contributed by atoms with Crippen LogP contribution in [0.1, 0.15) is 39.9 Å². The van der Waals surface area contributed by atoms with Gasteiger partial charge in [-0.3, -0.25) is 9.79 Å². The Labute approximate surface area is 290 Å². The summed E-state index contributed by atoms with van der Waals surface area (Å²) in [6, 6.07) is 12.8. The normalized spacial score (nSPS) is 21.3. The second kappa shape index (κ2) is 14.3. The first-order chi connectivity index (χ1) is 24.5. The van der Waals surface area contributed by atoms with Crippen molar-refractivity contribution in [2.24, 2.45) is 15.9 Å². The van der Waals surface area contributed by atoms with Crippen LogP contribution in [0.15, 0.2) is 94.6 Å². The highest BCUT2D eigenvalue weighted by molar-refractivity contribution is 6.05. The van der Waals surface area contributed by atoms with Crippen molar-refractivity contribution in [1.29, 1.82) is 0 Å². The molecule has 0 radical (unpaired) electrons. The Kier molecular flexibility index (Phi) is 9.91. The van der Waals surface area contributed by atoms with Crippen LogP contribution in [0.4, 0.5) is 23.8 Å². The molecule has 0 aliphatic carbocycles. The molecule has 3 aliphatic heterocycles. The number of rotatable bonds is 10. The molecule has 4 heterocycles. The summed E-state index contributed by atoms with van der Waals surface area (Å²) in [5.74, 6) is 0.405. The second-order valence-electron chi connectivity index (χ2n) is 12.0. The molecule has 1 aromatic heterocycles. The number of benzene rings is 2. The minimum Gasteiger partial charge on any atom is -0.530 e. The topological polar surface area (TPSA) is 161 Å². The number of allylic oxidation sites excluding steroid dienone is 1. The highest BCUT2D eigenvalue weighted by Gasteiger charge is 2.49. The summed E-state index contributed by atoms with van der Waals surface area (Å²) in [4.78, 5) is 39.5. The molecular weight excluding hydrogens is 671 g/mol. The molecule has 2 amide bonds. The molecule has 3 unspecified atom stereocenters. The molecule has 0 spiro atoms. The van der Waals surface area contributed by atoms with Gasteiger partial charge in [-0.15, -0.1) is 10.0 Å². The summed E-state index contributed by atoms with van der Waals surface area (Å²) in [7, 11) is 3.11. The fourth-order valence-electron chi connectivity index (χ4n) is 6.39. The first kappa shape index (κ1) is 35.3. The van der Waals surface area contributed by atoms with E-state index >= 15 is 0 Å². The van der Waals surface area contributed by atoms with Gasteiger partial charge in [0.1, 0.15) is 35.3 Å². The number of quaternary nitrogens is 1. The summed E-state index contributed by atoms with van der Waals surface area (Å²) in [6.07, 6.45) is 0.989. The number of carbonyl (C=O) groups is 2. The van der Waals surface area contributed by atoms with Crippen molar-refractivity contribution in [3.8, 4) is 11.5 Å². The van der Waals surface area contributed by atoms with Gasteiger partial charge in [0.2, 0.25) is 5.70 Å². The van der Waals surface area contributed by atoms with Gasteiger partial charge >= 0.3 is 6.18 Å². The van der Waals surface area contributed by atoms with E-state index in [1.807, 2.05) is 6.07 Å². The number of carboxylic acid groups (broad SMARTS) is 1. The number of pyridine rings is 1. The number of methoxy groups -OCH3 is 2. The number of hydrogen-bond donors (Lipinski definition) is 3. The third-order valence-electron chi connectivity index (χ3n) is 9.06. The van der Waals surface area contributed by atoms with E-state index in [1.54, 1.807) is 57.1 Å². The number of anilines is 1. The van der Waals surface area contributed by atoms with Crippen molar-refractivity contribution in [2.45, 2.75) is 31.6 Å². The lowest BCUT2D eigenvalue weighted by atomic mass is 9.90. The number of alkyl halides is 3. The molecule has 3 aliphatic rings. The number of carbonyl (C=O) groups excluding carboxylic acids is 2. The van der Waals surface area contributed by atoms with Crippen LogP contribution in [0.3, 0.4) is 0 Å². The van der Waals surface area contributed by atoms with E-state index in [0.717, 1.165) is 28.8 Å². The van der Waals surface area contributed by atoms with Crippen molar-refractivity contribution >= 4 is 29.9 Å². The molecule has 3 atom stereocenters. The molecule has 266 valence electrons. The number of fused-ring (bicyclic) bond motifs is 1. The summed E-state index contributed by atoms with van der Waals surface area (Å²) in [6.45, 7) is -0.00984. The molecule has 0 saturated carbocycles. The van der Waals surface area contributed by atoms with Gasteiger partial charge < -0.3 is 34.7 Å². The average Bonchev–Trinajstić information content (AvgIpc) is 3.48. The molecule has 3 N–H and O–H groups in total. The largest absolute Gasteiger partial charge is 0.530 e. The first-order valence-electron chi connectivity index (χ1n) is 15.9. The number of hydrogen-bond acceptors (Lipinski definition) is 10. The Morgan fingerprint density at radius 3 is 2.55 bits per heavy atom. The van der Waals surface area contributed by atoms with E-state index in [-0.39, 0.29) is 41.6 Å². The van der Waals surface area contributed by atoms with Crippen molar-refractivity contribution in [1.82, 2.24) is 15.3 Å². The summed E-state index contributed by atoms with van der Waals surface area (Å²) >= 11 is 0. The molecule has 2 aromatic carbocycles. The Morgan fingerprint density at radius 1 is 1.08 bits per heavy atom. The number of piperidine rings is 1. The highest BCUT2D eigenvalue weighted by Crippen LogP contribution is 2.40. The summed E-state index contributed by atoms with van der Waals surface area (Å²) < 4.78 is 50.4. The van der Waals surface area contributed by atoms with Gasteiger partial charge in [0.15, 0.2) is 0 Å². The highest BCUT2D eigenvalue weighted by atomic mass is 19.4. The van der Waals surface area contributed by atoms with Crippen LogP contribution in [0.25, 0.3) is 0 Å². The Morgan fingerprint density at radius 2 is 1.86 bits per heavy atom. The molecule has 6 rings (SSSR count). The molecule has 0 bridgehead atoms. The molecule has 1 saturated heterocycles. The van der Waals surface area contributed by atoms with Crippen molar-refractivity contribution in [2.75, 3.05) is 32.7 Å². The van der Waals surface area contributed by atoms with Crippen molar-refractivity contribution in [3.05, 3.63) is 107 Å². The predicted molar refractivity (Wildman–Crippen MR) is 177 cm³/mol. The number of nitrogens with zero attached hydrogens (tertiary/aromatic N) is 5. The number of amides is 2. The average molecular weight is 706 g/mol. The smallest absolute Gasteiger partial charge is 0.416 e. The minimum absolute atomic E-state index is 0.0513. The van der Waals surface area contributed by atoms with Gasteiger partial charge in [0.25, 0.3) is 11.7 Å². The number of likely N-dealkylation sites (tertiary alicyclic amines) is 1. The molecule has 3 aromatic rings. The molecular formula is C35H34F3N7O6. The van der Waals surface area contributed by atoms with Crippen LogP contribution in [0, 0.1) is 5.92 Å². The minimum atomic E-state index is -4.60. The number of halogens is 3. The summed E-state index contributed by atoms with van der Waals surface area (Å²) in [5.41, 5.74) is 5.41. The fraction of sp³-hybridized carbons (Fsp3) is 0.286. The Bertz CT molecular complexity index is 1950. The fourth-order valence-corrected chi connectivity index (χ4v) is 6.39. The van der Waals surface area contributed by atoms with E-state index in [9.17, 15) is 33.0 Å². The van der Waals surface area contributed by atoms with E-state index in [1.165, 1.54) is 12.1 Å². The zero-order valence-corrected chi connectivity index (χ0v) is 27.6. The molecule has 1 fully saturated rings. The van der Waals surface area contributed by atoms with E-state index < -0.39 is 29.8 Å². The van der Waals surface area contributed by atoms with Crippen molar-refractivity contribution < 1.29 is 47.0 Å².